The molecule has 0 bridgehead atoms. The Balaban J connectivity index is 1.66. The van der Waals surface area contributed by atoms with E-state index in [9.17, 15) is 14.0 Å². The molecule has 33 heavy (non-hydrogen) atoms. The Hall–Kier alpha value is -3.39. The molecule has 0 fully saturated rings. The van der Waals surface area contributed by atoms with Crippen molar-refractivity contribution in [1.82, 2.24) is 19.7 Å². The van der Waals surface area contributed by atoms with Crippen LogP contribution in [0.2, 0.25) is 0 Å². The molecule has 2 heterocycles. The molecular formula is C25H31FN4O3. The van der Waals surface area contributed by atoms with Gasteiger partial charge in [0.05, 0.1) is 13.1 Å². The summed E-state index contributed by atoms with van der Waals surface area (Å²) in [6.45, 7) is 4.74. The average molecular weight is 455 g/mol. The van der Waals surface area contributed by atoms with Gasteiger partial charge in [0.25, 0.3) is 11.8 Å². The van der Waals surface area contributed by atoms with E-state index >= 15 is 0 Å². The molecule has 7 nitrogen and oxygen atoms in total. The summed E-state index contributed by atoms with van der Waals surface area (Å²) in [7, 11) is 3.89. The maximum atomic E-state index is 13.2. The first-order chi connectivity index (χ1) is 15.9. The van der Waals surface area contributed by atoms with Crippen LogP contribution in [0.3, 0.4) is 0 Å². The third-order valence-corrected chi connectivity index (χ3v) is 5.20. The van der Waals surface area contributed by atoms with Crippen LogP contribution >= 0.6 is 0 Å². The van der Waals surface area contributed by atoms with E-state index < -0.39 is 0 Å². The highest BCUT2D eigenvalue weighted by Crippen LogP contribution is 2.16. The van der Waals surface area contributed by atoms with Crippen LogP contribution in [-0.2, 0) is 13.1 Å². The first kappa shape index (κ1) is 24.3. The number of rotatable bonds is 11. The summed E-state index contributed by atoms with van der Waals surface area (Å²) in [5.41, 5.74) is 1.39. The number of halogens is 1. The molecule has 0 unspecified atom stereocenters. The van der Waals surface area contributed by atoms with Crippen LogP contribution in [0.25, 0.3) is 0 Å². The zero-order valence-corrected chi connectivity index (χ0v) is 19.4. The molecule has 0 aliphatic heterocycles. The number of carbonyl (C=O) groups is 2. The van der Waals surface area contributed by atoms with Crippen molar-refractivity contribution in [3.63, 3.8) is 0 Å². The van der Waals surface area contributed by atoms with Crippen molar-refractivity contribution in [2.45, 2.75) is 26.4 Å². The monoisotopic (exact) mass is 454 g/mol. The molecule has 0 aliphatic rings. The van der Waals surface area contributed by atoms with E-state index in [1.54, 1.807) is 17.0 Å². The molecular weight excluding hydrogens is 423 g/mol. The van der Waals surface area contributed by atoms with Gasteiger partial charge in [0, 0.05) is 37.1 Å². The topological polar surface area (TPSA) is 70.7 Å². The summed E-state index contributed by atoms with van der Waals surface area (Å²) >= 11 is 0. The van der Waals surface area contributed by atoms with Crippen molar-refractivity contribution < 1.29 is 18.4 Å². The number of nitrogens with zero attached hydrogens (tertiary/aromatic N) is 3. The summed E-state index contributed by atoms with van der Waals surface area (Å²) < 4.78 is 21.0. The third-order valence-electron chi connectivity index (χ3n) is 5.20. The average Bonchev–Trinajstić information content (AvgIpc) is 3.43. The Kier molecular flexibility index (Phi) is 8.43. The molecule has 0 atom stereocenters. The second kappa shape index (κ2) is 11.5. The second-order valence-electron chi connectivity index (χ2n) is 8.19. The zero-order chi connectivity index (χ0) is 23.8. The minimum absolute atomic E-state index is 0.140. The van der Waals surface area contributed by atoms with E-state index in [4.69, 9.17) is 4.42 Å². The molecule has 1 N–H and O–H groups in total. The van der Waals surface area contributed by atoms with Crippen molar-refractivity contribution in [3.8, 4) is 0 Å². The van der Waals surface area contributed by atoms with Crippen LogP contribution in [0.5, 0.6) is 0 Å². The lowest BCUT2D eigenvalue weighted by molar-refractivity contribution is 0.0739. The fourth-order valence-electron chi connectivity index (χ4n) is 3.47. The van der Waals surface area contributed by atoms with Crippen LogP contribution in [0.15, 0.2) is 59.1 Å². The fraction of sp³-hybridized carbons (Fsp3) is 0.360. The van der Waals surface area contributed by atoms with Gasteiger partial charge >= 0.3 is 0 Å². The maximum absolute atomic E-state index is 13.2. The minimum atomic E-state index is -0.369. The van der Waals surface area contributed by atoms with E-state index in [0.29, 0.717) is 37.5 Å². The van der Waals surface area contributed by atoms with Crippen molar-refractivity contribution in [2.24, 2.45) is 0 Å². The lowest BCUT2D eigenvalue weighted by Gasteiger charge is -2.23. The quantitative estimate of drug-likeness (QED) is 0.481. The van der Waals surface area contributed by atoms with Gasteiger partial charge in [-0.25, -0.2) is 4.39 Å². The molecule has 8 heteroatoms. The smallest absolute Gasteiger partial charge is 0.287 e. The highest BCUT2D eigenvalue weighted by Gasteiger charge is 2.18. The van der Waals surface area contributed by atoms with Gasteiger partial charge in [0.15, 0.2) is 5.76 Å². The zero-order valence-electron chi connectivity index (χ0n) is 19.4. The molecule has 2 amide bonds. The predicted molar refractivity (Wildman–Crippen MR) is 125 cm³/mol. The number of furan rings is 1. The number of likely N-dealkylation sites (N-methyl/N-ethyl adjacent to an activating group) is 1. The van der Waals surface area contributed by atoms with Gasteiger partial charge in [0.1, 0.15) is 11.6 Å². The summed E-state index contributed by atoms with van der Waals surface area (Å²) in [6.07, 6.45) is 2.72. The molecule has 2 aromatic heterocycles. The molecule has 0 saturated heterocycles. The number of hydrogen-bond donors (Lipinski definition) is 1. The Bertz CT molecular complexity index is 1060. The van der Waals surface area contributed by atoms with Gasteiger partial charge in [-0.15, -0.1) is 0 Å². The summed E-state index contributed by atoms with van der Waals surface area (Å²) in [4.78, 5) is 29.0. The van der Waals surface area contributed by atoms with Gasteiger partial charge in [-0.1, -0.05) is 6.92 Å². The van der Waals surface area contributed by atoms with Crippen molar-refractivity contribution in [2.75, 3.05) is 33.7 Å². The SMILES string of the molecule is CCCN(Cc1cccn1Cc1ccc(C(=O)NCCN(C)C)o1)C(=O)c1ccc(F)cc1. The summed E-state index contributed by atoms with van der Waals surface area (Å²) in [5, 5.41) is 2.84. The second-order valence-corrected chi connectivity index (χ2v) is 8.19. The number of carbonyl (C=O) groups excluding carboxylic acids is 2. The number of nitrogens with one attached hydrogen (secondary N) is 1. The fourth-order valence-corrected chi connectivity index (χ4v) is 3.47. The highest BCUT2D eigenvalue weighted by molar-refractivity contribution is 5.94. The molecule has 3 rings (SSSR count). The first-order valence-electron chi connectivity index (χ1n) is 11.1. The Labute approximate surface area is 193 Å². The van der Waals surface area contributed by atoms with Crippen LogP contribution in [0, 0.1) is 5.82 Å². The highest BCUT2D eigenvalue weighted by atomic mass is 19.1. The van der Waals surface area contributed by atoms with Gasteiger partial charge < -0.3 is 24.1 Å². The van der Waals surface area contributed by atoms with Gasteiger partial charge in [-0.05, 0) is 69.0 Å². The molecule has 0 saturated carbocycles. The predicted octanol–water partition coefficient (Wildman–Crippen LogP) is 3.61. The van der Waals surface area contributed by atoms with Crippen LogP contribution in [0.4, 0.5) is 4.39 Å². The lowest BCUT2D eigenvalue weighted by atomic mass is 10.2. The van der Waals surface area contributed by atoms with Gasteiger partial charge in [-0.2, -0.15) is 0 Å². The Morgan fingerprint density at radius 2 is 1.82 bits per heavy atom. The number of hydrogen-bond acceptors (Lipinski definition) is 4. The van der Waals surface area contributed by atoms with Gasteiger partial charge in [-0.3, -0.25) is 9.59 Å². The minimum Gasteiger partial charge on any atom is -0.454 e. The molecule has 3 aromatic rings. The Morgan fingerprint density at radius 1 is 1.06 bits per heavy atom. The van der Waals surface area contributed by atoms with E-state index in [-0.39, 0.29) is 23.4 Å². The normalized spacial score (nSPS) is 11.1. The largest absolute Gasteiger partial charge is 0.454 e. The number of benzene rings is 1. The third kappa shape index (κ3) is 6.79. The van der Waals surface area contributed by atoms with E-state index in [1.165, 1.54) is 24.3 Å². The van der Waals surface area contributed by atoms with Crippen molar-refractivity contribution in [3.05, 3.63) is 83.3 Å². The van der Waals surface area contributed by atoms with Crippen LogP contribution in [-0.4, -0.2) is 59.9 Å². The molecule has 0 spiro atoms. The molecule has 0 aliphatic carbocycles. The van der Waals surface area contributed by atoms with E-state index in [2.05, 4.69) is 5.32 Å². The molecule has 1 aromatic carbocycles. The standard InChI is InChI=1S/C25H31FN4O3/c1-4-14-30(25(32)19-7-9-20(26)10-8-19)17-21-6-5-15-29(21)18-22-11-12-23(33-22)24(31)27-13-16-28(2)3/h5-12,15H,4,13-14,16-18H2,1-3H3,(H,27,31). The molecule has 176 valence electrons. The van der Waals surface area contributed by atoms with Crippen LogP contribution in [0.1, 0.15) is 45.7 Å². The first-order valence-corrected chi connectivity index (χ1v) is 11.1. The Morgan fingerprint density at radius 3 is 2.52 bits per heavy atom. The van der Waals surface area contributed by atoms with Crippen molar-refractivity contribution in [1.29, 1.82) is 0 Å². The lowest BCUT2D eigenvalue weighted by Crippen LogP contribution is -2.32. The van der Waals surface area contributed by atoms with Gasteiger partial charge in [0.2, 0.25) is 0 Å². The van der Waals surface area contributed by atoms with Crippen molar-refractivity contribution >= 4 is 11.8 Å². The molecule has 0 radical (unpaired) electrons. The van der Waals surface area contributed by atoms with E-state index in [0.717, 1.165) is 18.7 Å². The number of amides is 2. The van der Waals surface area contributed by atoms with E-state index in [1.807, 2.05) is 48.8 Å². The number of aromatic nitrogens is 1. The van der Waals surface area contributed by atoms with Crippen LogP contribution < -0.4 is 5.32 Å². The maximum Gasteiger partial charge on any atom is 0.287 e. The summed E-state index contributed by atoms with van der Waals surface area (Å²) in [5.74, 6) is 0.175. The summed E-state index contributed by atoms with van der Waals surface area (Å²) in [6, 6.07) is 12.9.